The van der Waals surface area contributed by atoms with E-state index in [1.54, 1.807) is 6.07 Å². The molecule has 0 aliphatic rings. The highest BCUT2D eigenvalue weighted by Crippen LogP contribution is 2.32. The first-order valence-corrected chi connectivity index (χ1v) is 9.19. The number of nitrogens with one attached hydrogen (secondary N) is 1. The van der Waals surface area contributed by atoms with Crippen molar-refractivity contribution in [2.75, 3.05) is 0 Å². The lowest BCUT2D eigenvalue weighted by molar-refractivity contribution is 0.0980. The van der Waals surface area contributed by atoms with Gasteiger partial charge in [0.2, 0.25) is 5.96 Å². The van der Waals surface area contributed by atoms with Crippen LogP contribution in [0.3, 0.4) is 0 Å². The van der Waals surface area contributed by atoms with E-state index in [0.29, 0.717) is 16.0 Å². The van der Waals surface area contributed by atoms with Gasteiger partial charge in [0.05, 0.1) is 0 Å². The van der Waals surface area contributed by atoms with Crippen molar-refractivity contribution in [3.63, 3.8) is 0 Å². The zero-order valence-corrected chi connectivity index (χ0v) is 15.7. The number of guanidine groups is 1. The minimum atomic E-state index is -0.303. The molecule has 0 saturated heterocycles. The molecule has 6 nitrogen and oxygen atoms in total. The van der Waals surface area contributed by atoms with Crippen LogP contribution in [0.4, 0.5) is 6.01 Å². The summed E-state index contributed by atoms with van der Waals surface area (Å²) in [4.78, 5) is 21.3. The van der Waals surface area contributed by atoms with Crippen molar-refractivity contribution < 1.29 is 9.21 Å². The molecule has 1 amide bonds. The molecule has 0 aliphatic carbocycles. The predicted octanol–water partition coefficient (Wildman–Crippen LogP) is 4.02. The number of carbonyl (C=O) groups excluding carboxylic acids is 1. The fraction of sp³-hybridized carbons (Fsp3) is 0. The van der Waals surface area contributed by atoms with Gasteiger partial charge in [-0.15, -0.1) is 11.3 Å². The number of fused-ring (bicyclic) bond motifs is 2. The van der Waals surface area contributed by atoms with E-state index in [-0.39, 0.29) is 17.9 Å². The van der Waals surface area contributed by atoms with Crippen molar-refractivity contribution in [3.05, 3.63) is 57.0 Å². The normalized spacial score (nSPS) is 12.0. The lowest BCUT2D eigenvalue weighted by Crippen LogP contribution is -2.36. The minimum absolute atomic E-state index is 0.0650. The van der Waals surface area contributed by atoms with Gasteiger partial charge >= 0.3 is 6.01 Å². The summed E-state index contributed by atoms with van der Waals surface area (Å²) in [7, 11) is 0. The zero-order valence-electron chi connectivity index (χ0n) is 12.7. The van der Waals surface area contributed by atoms with Crippen molar-refractivity contribution in [1.82, 2.24) is 10.3 Å². The van der Waals surface area contributed by atoms with Crippen LogP contribution in [0.15, 0.2) is 57.9 Å². The first-order chi connectivity index (χ1) is 12.1. The average molecular weight is 462 g/mol. The Morgan fingerprint density at radius 1 is 1.20 bits per heavy atom. The van der Waals surface area contributed by atoms with E-state index in [9.17, 15) is 4.79 Å². The molecule has 4 aromatic rings. The van der Waals surface area contributed by atoms with Gasteiger partial charge in [0.1, 0.15) is 10.4 Å². The first-order valence-electron chi connectivity index (χ1n) is 7.30. The molecule has 8 heteroatoms. The van der Waals surface area contributed by atoms with Gasteiger partial charge in [0.15, 0.2) is 5.58 Å². The number of para-hydroxylation sites is 2. The van der Waals surface area contributed by atoms with Gasteiger partial charge in [0, 0.05) is 13.7 Å². The second kappa shape index (κ2) is 6.45. The van der Waals surface area contributed by atoms with Crippen molar-refractivity contribution in [2.24, 2.45) is 10.7 Å². The van der Waals surface area contributed by atoms with Gasteiger partial charge in [-0.05, 0) is 40.8 Å². The predicted molar refractivity (Wildman–Crippen MR) is 107 cm³/mol. The summed E-state index contributed by atoms with van der Waals surface area (Å²) in [6.07, 6.45) is 0. The van der Waals surface area contributed by atoms with Gasteiger partial charge in [-0.25, -0.2) is 0 Å². The van der Waals surface area contributed by atoms with Crippen molar-refractivity contribution in [2.45, 2.75) is 0 Å². The molecule has 124 valence electrons. The van der Waals surface area contributed by atoms with Crippen molar-refractivity contribution in [1.29, 1.82) is 0 Å². The molecule has 0 spiro atoms. The van der Waals surface area contributed by atoms with Gasteiger partial charge in [-0.3, -0.25) is 10.1 Å². The number of thiophene rings is 1. The fourth-order valence-corrected chi connectivity index (χ4v) is 4.59. The highest BCUT2D eigenvalue weighted by molar-refractivity contribution is 14.1. The number of nitrogens with zero attached hydrogens (tertiary/aromatic N) is 2. The number of benzene rings is 2. The minimum Gasteiger partial charge on any atom is -0.422 e. The molecule has 4 rings (SSSR count). The van der Waals surface area contributed by atoms with Crippen molar-refractivity contribution in [3.8, 4) is 0 Å². The van der Waals surface area contributed by atoms with Crippen LogP contribution in [-0.4, -0.2) is 16.9 Å². The van der Waals surface area contributed by atoms with Crippen LogP contribution in [0.1, 0.15) is 9.67 Å². The Morgan fingerprint density at radius 3 is 2.76 bits per heavy atom. The number of oxazole rings is 1. The van der Waals surface area contributed by atoms with E-state index in [1.165, 1.54) is 11.3 Å². The molecule has 0 saturated carbocycles. The van der Waals surface area contributed by atoms with Crippen LogP contribution in [-0.2, 0) is 0 Å². The lowest BCUT2D eigenvalue weighted by atomic mass is 10.2. The van der Waals surface area contributed by atoms with E-state index < -0.39 is 0 Å². The SMILES string of the molecule is NC(=Nc1nc2ccccc2o1)NC(=O)c1sc2ccccc2c1I. The largest absolute Gasteiger partial charge is 0.422 e. The summed E-state index contributed by atoms with van der Waals surface area (Å²) < 4.78 is 7.41. The van der Waals surface area contributed by atoms with E-state index in [2.05, 4.69) is 37.9 Å². The molecule has 0 fully saturated rings. The highest BCUT2D eigenvalue weighted by Gasteiger charge is 2.17. The molecule has 0 aliphatic heterocycles. The Kier molecular flexibility index (Phi) is 4.14. The Balaban J connectivity index is 1.59. The average Bonchev–Trinajstić information content (AvgIpc) is 3.15. The number of carbonyl (C=O) groups is 1. The van der Waals surface area contributed by atoms with Crippen LogP contribution in [0.5, 0.6) is 0 Å². The number of hydrogen-bond acceptors (Lipinski definition) is 5. The molecular weight excluding hydrogens is 451 g/mol. The van der Waals surface area contributed by atoms with Gasteiger partial charge < -0.3 is 10.2 Å². The monoisotopic (exact) mass is 462 g/mol. The number of halogens is 1. The third kappa shape index (κ3) is 3.10. The molecule has 0 atom stereocenters. The second-order valence-corrected chi connectivity index (χ2v) is 7.29. The van der Waals surface area contributed by atoms with Crippen LogP contribution in [0, 0.1) is 3.57 Å². The van der Waals surface area contributed by atoms with E-state index in [4.69, 9.17) is 10.2 Å². The summed E-state index contributed by atoms with van der Waals surface area (Å²) in [5, 5.41) is 3.63. The maximum Gasteiger partial charge on any atom is 0.325 e. The number of rotatable bonds is 2. The number of nitrogens with two attached hydrogens (primary N) is 1. The van der Waals surface area contributed by atoms with E-state index >= 15 is 0 Å². The highest BCUT2D eigenvalue weighted by atomic mass is 127. The third-order valence-electron chi connectivity index (χ3n) is 3.48. The van der Waals surface area contributed by atoms with E-state index in [1.807, 2.05) is 42.5 Å². The first kappa shape index (κ1) is 16.0. The van der Waals surface area contributed by atoms with Gasteiger partial charge in [-0.2, -0.15) is 9.98 Å². The molecule has 3 N–H and O–H groups in total. The van der Waals surface area contributed by atoms with Crippen LogP contribution < -0.4 is 11.1 Å². The second-order valence-electron chi connectivity index (χ2n) is 5.16. The topological polar surface area (TPSA) is 93.5 Å². The lowest BCUT2D eigenvalue weighted by Gasteiger charge is -2.01. The Bertz CT molecular complexity index is 1100. The van der Waals surface area contributed by atoms with Gasteiger partial charge in [0.25, 0.3) is 5.91 Å². The molecule has 2 aromatic carbocycles. The standard InChI is InChI=1S/C17H11IN4O2S/c18-13-9-5-1-4-8-12(9)25-14(13)15(23)21-16(19)22-17-20-10-6-2-3-7-11(10)24-17/h1-8H,(H3,19,20,21,22,23). The quantitative estimate of drug-likeness (QED) is 0.267. The van der Waals surface area contributed by atoms with Crippen molar-refractivity contribution >= 4 is 73.0 Å². The molecular formula is C17H11IN4O2S. The Morgan fingerprint density at radius 2 is 1.96 bits per heavy atom. The maximum atomic E-state index is 12.5. The molecule has 0 radical (unpaired) electrons. The van der Waals surface area contributed by atoms with Crippen LogP contribution in [0.25, 0.3) is 21.2 Å². The zero-order chi connectivity index (χ0) is 17.4. The number of aliphatic imine (C=N–C) groups is 1. The van der Waals surface area contributed by atoms with Gasteiger partial charge in [-0.1, -0.05) is 30.3 Å². The summed E-state index contributed by atoms with van der Waals surface area (Å²) in [6.45, 7) is 0. The molecule has 25 heavy (non-hydrogen) atoms. The smallest absolute Gasteiger partial charge is 0.325 e. The molecule has 2 aromatic heterocycles. The summed E-state index contributed by atoms with van der Waals surface area (Å²) in [6, 6.07) is 15.3. The summed E-state index contributed by atoms with van der Waals surface area (Å²) >= 11 is 3.58. The maximum absolute atomic E-state index is 12.5. The van der Waals surface area contributed by atoms with Crippen LogP contribution in [0.2, 0.25) is 0 Å². The van der Waals surface area contributed by atoms with E-state index in [0.717, 1.165) is 13.7 Å². The molecule has 2 heterocycles. The number of aromatic nitrogens is 1. The Labute approximate surface area is 159 Å². The number of hydrogen-bond donors (Lipinski definition) is 2. The number of amides is 1. The summed E-state index contributed by atoms with van der Waals surface area (Å²) in [5.41, 5.74) is 7.12. The third-order valence-corrected chi connectivity index (χ3v) is 6.14. The van der Waals surface area contributed by atoms with Crippen LogP contribution >= 0.6 is 33.9 Å². The summed E-state index contributed by atoms with van der Waals surface area (Å²) in [5.74, 6) is -0.368. The Hall–Kier alpha value is -2.46. The fourth-order valence-electron chi connectivity index (χ4n) is 2.37. The molecule has 0 bridgehead atoms. The molecule has 0 unspecified atom stereocenters.